The van der Waals surface area contributed by atoms with Crippen molar-refractivity contribution in [1.29, 1.82) is 0 Å². The van der Waals surface area contributed by atoms with Gasteiger partial charge in [-0.25, -0.2) is 0 Å². The number of rotatable bonds is 4. The molecule has 166 valence electrons. The first kappa shape index (κ1) is 20.6. The quantitative estimate of drug-likeness (QED) is 0.556. The van der Waals surface area contributed by atoms with E-state index in [1.807, 2.05) is 27.1 Å². The lowest BCUT2D eigenvalue weighted by atomic mass is 10.1. The van der Waals surface area contributed by atoms with Gasteiger partial charge in [0.2, 0.25) is 5.91 Å². The fourth-order valence-electron chi connectivity index (χ4n) is 4.84. The predicted octanol–water partition coefficient (Wildman–Crippen LogP) is 5.24. The molecule has 32 heavy (non-hydrogen) atoms. The maximum Gasteiger partial charge on any atom is 0.241 e. The lowest BCUT2D eigenvalue weighted by molar-refractivity contribution is -0.119. The minimum absolute atomic E-state index is 0.0451. The van der Waals surface area contributed by atoms with Crippen LogP contribution in [0.4, 0.5) is 11.4 Å². The Hall–Kier alpha value is -3.25. The third-order valence-corrected chi connectivity index (χ3v) is 6.79. The van der Waals surface area contributed by atoms with Gasteiger partial charge in [-0.05, 0) is 82.3 Å². The summed E-state index contributed by atoms with van der Waals surface area (Å²) in [6, 6.07) is 14.5. The number of ether oxygens (including phenoxy) is 1. The third-order valence-electron chi connectivity index (χ3n) is 6.79. The highest BCUT2D eigenvalue weighted by Crippen LogP contribution is 2.45. The van der Waals surface area contributed by atoms with E-state index in [1.54, 1.807) is 0 Å². The molecule has 0 bridgehead atoms. The monoisotopic (exact) mass is 430 g/mol. The Morgan fingerprint density at radius 1 is 1.16 bits per heavy atom. The highest BCUT2D eigenvalue weighted by molar-refractivity contribution is 5.98. The fraction of sp³-hybridized carbons (Fsp3) is 0.346. The largest absolute Gasteiger partial charge is 0.465 e. The van der Waals surface area contributed by atoms with Gasteiger partial charge in [-0.1, -0.05) is 6.08 Å². The van der Waals surface area contributed by atoms with Crippen LogP contribution in [0.15, 0.2) is 54.1 Å². The average molecular weight is 431 g/mol. The van der Waals surface area contributed by atoms with E-state index in [-0.39, 0.29) is 18.2 Å². The van der Waals surface area contributed by atoms with Gasteiger partial charge in [-0.3, -0.25) is 9.69 Å². The Kier molecular flexibility index (Phi) is 5.18. The molecule has 2 aliphatic rings. The van der Waals surface area contributed by atoms with E-state index in [2.05, 4.69) is 69.5 Å². The molecule has 2 aliphatic heterocycles. The summed E-state index contributed by atoms with van der Waals surface area (Å²) >= 11 is 0. The van der Waals surface area contributed by atoms with Gasteiger partial charge >= 0.3 is 0 Å². The number of likely N-dealkylation sites (tertiary alicyclic amines) is 1. The van der Waals surface area contributed by atoms with Gasteiger partial charge in [0.05, 0.1) is 17.3 Å². The van der Waals surface area contributed by atoms with Crippen LogP contribution < -0.4 is 15.4 Å². The van der Waals surface area contributed by atoms with Gasteiger partial charge < -0.3 is 19.9 Å². The minimum atomic E-state index is -0.209. The molecule has 1 amide bonds. The number of benzene rings is 2. The number of hydrogen-bond donors (Lipinski definition) is 2. The smallest absolute Gasteiger partial charge is 0.241 e. The molecule has 0 radical (unpaired) electrons. The lowest BCUT2D eigenvalue weighted by Crippen LogP contribution is -2.37. The van der Waals surface area contributed by atoms with E-state index in [4.69, 9.17) is 4.74 Å². The summed E-state index contributed by atoms with van der Waals surface area (Å²) in [5.41, 5.74) is 6.27. The van der Waals surface area contributed by atoms with E-state index in [1.165, 1.54) is 0 Å². The van der Waals surface area contributed by atoms with Gasteiger partial charge in [0.25, 0.3) is 0 Å². The second kappa shape index (κ2) is 8.02. The zero-order chi connectivity index (χ0) is 22.4. The maximum atomic E-state index is 12.8. The van der Waals surface area contributed by atoms with Crippen LogP contribution in [0.25, 0.3) is 22.2 Å². The van der Waals surface area contributed by atoms with E-state index >= 15 is 0 Å². The lowest BCUT2D eigenvalue weighted by Gasteiger charge is -2.31. The number of hydrogen-bond acceptors (Lipinski definition) is 4. The van der Waals surface area contributed by atoms with Crippen LogP contribution >= 0.6 is 0 Å². The Morgan fingerprint density at radius 3 is 2.69 bits per heavy atom. The minimum Gasteiger partial charge on any atom is -0.465 e. The van der Waals surface area contributed by atoms with Gasteiger partial charge in [0.15, 0.2) is 6.23 Å². The Labute approximate surface area is 188 Å². The summed E-state index contributed by atoms with van der Waals surface area (Å²) in [6.45, 7) is 5.11. The Bertz CT molecular complexity index is 1230. The van der Waals surface area contributed by atoms with Crippen molar-refractivity contribution in [3.8, 4) is 17.0 Å². The first-order valence-electron chi connectivity index (χ1n) is 11.3. The molecule has 1 fully saturated rings. The molecule has 0 spiro atoms. The summed E-state index contributed by atoms with van der Waals surface area (Å²) in [5.74, 6) is 0.945. The number of anilines is 2. The van der Waals surface area contributed by atoms with Crippen LogP contribution in [0, 0.1) is 0 Å². The number of amides is 1. The van der Waals surface area contributed by atoms with Crippen molar-refractivity contribution in [3.63, 3.8) is 0 Å². The highest BCUT2D eigenvalue weighted by Gasteiger charge is 2.30. The molecular weight excluding hydrogens is 400 g/mol. The van der Waals surface area contributed by atoms with Crippen LogP contribution in [0.3, 0.4) is 0 Å². The molecule has 2 N–H and O–H groups in total. The number of carbonyl (C=O) groups is 1. The molecule has 1 aromatic heterocycles. The van der Waals surface area contributed by atoms with Crippen molar-refractivity contribution in [2.24, 2.45) is 0 Å². The summed E-state index contributed by atoms with van der Waals surface area (Å²) in [5, 5.41) is 7.40. The van der Waals surface area contributed by atoms with Crippen molar-refractivity contribution >= 4 is 28.2 Å². The standard InChI is InChI=1S/C26H30N4O2/c1-5-16(2)26-30-21-11-9-19(28-25(31)22-7-6-12-29(22)4)13-17(21)14-23(30)20-10-8-18(27-3)15-24(20)32-26/h5,8-11,13-15,22,26-27H,6-7,12H2,1-4H3,(H,28,31)/b16-5+/t22?,26-/m1/s1. The topological polar surface area (TPSA) is 58.5 Å². The van der Waals surface area contributed by atoms with Crippen LogP contribution in [0.1, 0.15) is 32.9 Å². The Balaban J connectivity index is 1.57. The molecule has 2 atom stereocenters. The van der Waals surface area contributed by atoms with Gasteiger partial charge in [0.1, 0.15) is 5.75 Å². The van der Waals surface area contributed by atoms with Crippen molar-refractivity contribution < 1.29 is 9.53 Å². The number of aromatic nitrogens is 1. The summed E-state index contributed by atoms with van der Waals surface area (Å²) in [4.78, 5) is 14.9. The van der Waals surface area contributed by atoms with Gasteiger partial charge in [0, 0.05) is 35.4 Å². The van der Waals surface area contributed by atoms with E-state index in [0.717, 1.165) is 64.2 Å². The normalized spacial score (nSPS) is 20.6. The number of allylic oxidation sites excluding steroid dienone is 1. The number of nitrogens with one attached hydrogen (secondary N) is 2. The number of likely N-dealkylation sites (N-methyl/N-ethyl adjacent to an activating group) is 1. The zero-order valence-corrected chi connectivity index (χ0v) is 19.1. The average Bonchev–Trinajstić information content (AvgIpc) is 3.40. The van der Waals surface area contributed by atoms with Crippen LogP contribution in [0.5, 0.6) is 5.75 Å². The molecule has 6 heteroatoms. The fourth-order valence-corrected chi connectivity index (χ4v) is 4.84. The van der Waals surface area contributed by atoms with Gasteiger partial charge in [-0.2, -0.15) is 0 Å². The van der Waals surface area contributed by atoms with E-state index in [0.29, 0.717) is 0 Å². The Morgan fingerprint density at radius 2 is 1.97 bits per heavy atom. The molecule has 1 unspecified atom stereocenters. The summed E-state index contributed by atoms with van der Waals surface area (Å²) < 4.78 is 8.73. The molecule has 3 heterocycles. The van der Waals surface area contributed by atoms with Crippen LogP contribution in [-0.2, 0) is 4.79 Å². The third kappa shape index (κ3) is 3.35. The number of nitrogens with zero attached hydrogens (tertiary/aromatic N) is 2. The number of carbonyl (C=O) groups excluding carboxylic acids is 1. The maximum absolute atomic E-state index is 12.8. The molecule has 6 nitrogen and oxygen atoms in total. The molecular formula is C26H30N4O2. The SMILES string of the molecule is C/C=C(\C)[C@H]1Oc2cc(NC)ccc2-c2cc3cc(NC(=O)C4CCCN4C)ccc3n21. The molecule has 0 saturated carbocycles. The van der Waals surface area contributed by atoms with E-state index < -0.39 is 0 Å². The molecule has 1 saturated heterocycles. The van der Waals surface area contributed by atoms with Gasteiger partial charge in [-0.15, -0.1) is 0 Å². The second-order valence-corrected chi connectivity index (χ2v) is 8.76. The number of fused-ring (bicyclic) bond motifs is 5. The molecule has 3 aromatic rings. The van der Waals surface area contributed by atoms with E-state index in [9.17, 15) is 4.79 Å². The van der Waals surface area contributed by atoms with Crippen LogP contribution in [-0.4, -0.2) is 42.1 Å². The first-order chi connectivity index (χ1) is 15.5. The first-order valence-corrected chi connectivity index (χ1v) is 11.3. The zero-order valence-electron chi connectivity index (χ0n) is 19.1. The summed E-state index contributed by atoms with van der Waals surface area (Å²) in [7, 11) is 3.93. The molecule has 0 aliphatic carbocycles. The summed E-state index contributed by atoms with van der Waals surface area (Å²) in [6.07, 6.45) is 3.87. The van der Waals surface area contributed by atoms with Crippen molar-refractivity contribution in [2.45, 2.75) is 39.0 Å². The highest BCUT2D eigenvalue weighted by atomic mass is 16.5. The molecule has 5 rings (SSSR count). The molecule has 2 aromatic carbocycles. The van der Waals surface area contributed by atoms with Crippen molar-refractivity contribution in [3.05, 3.63) is 54.1 Å². The van der Waals surface area contributed by atoms with Crippen molar-refractivity contribution in [1.82, 2.24) is 9.47 Å². The van der Waals surface area contributed by atoms with Crippen molar-refractivity contribution in [2.75, 3.05) is 31.3 Å². The second-order valence-electron chi connectivity index (χ2n) is 8.76. The van der Waals surface area contributed by atoms with Crippen LogP contribution in [0.2, 0.25) is 0 Å². The predicted molar refractivity (Wildman–Crippen MR) is 130 cm³/mol.